The fourth-order valence-electron chi connectivity index (χ4n) is 11.6. The average molecular weight is 1320 g/mol. The fraction of sp³-hybridized carbons (Fsp3) is 0.310. The van der Waals surface area contributed by atoms with Crippen molar-refractivity contribution in [2.24, 2.45) is 0 Å². The van der Waals surface area contributed by atoms with Crippen LogP contribution in [0.3, 0.4) is 0 Å². The third-order valence-electron chi connectivity index (χ3n) is 16.7. The first-order chi connectivity index (χ1) is 48.6. The second-order valence-electron chi connectivity index (χ2n) is 24.1. The minimum Gasteiger partial charge on any atom is -0.374 e. The molecular weight excluding hydrogens is 1230 g/mol. The van der Waals surface area contributed by atoms with Crippen LogP contribution >= 0.6 is 0 Å². The van der Waals surface area contributed by atoms with Gasteiger partial charge in [0.05, 0.1) is 106 Å². The third kappa shape index (κ3) is 23.5. The Morgan fingerprint density at radius 3 is 0.694 bits per heavy atom. The summed E-state index contributed by atoms with van der Waals surface area (Å²) in [6.07, 6.45) is 1.32. The summed E-state index contributed by atoms with van der Waals surface area (Å²) in [6.45, 7) is 5.32. The summed E-state index contributed by atoms with van der Waals surface area (Å²) >= 11 is 0. The van der Waals surface area contributed by atoms with Crippen LogP contribution in [0.2, 0.25) is 0 Å². The summed E-state index contributed by atoms with van der Waals surface area (Å²) in [4.78, 5) is 0. The van der Waals surface area contributed by atoms with Crippen molar-refractivity contribution in [1.82, 2.24) is 0 Å². The standard InChI is InChI=1S/C84H90O14/c1-9-29-65(30-10-1)55-87-63-75-77(91-57-67-33-13-3-14-34-67)79(93-59-69-37-17-5-18-38-69)81(95-61-71-41-21-7-22-42-71)83(97-75)89-51-27-25-49-85-53-73-45-47-74(48-46-73)54-86-50-26-28-52-90-84-82(96-62-72-43-23-8-24-44-72)80(94-60-70-39-19-6-20-40-70)78(92-58-68-35-15-4-16-36-68)76(98-84)64-88-56-66-31-11-2-12-32-66/h1-48,75-84H,49-64H2/b27-25+,28-26+/t75-,76-,77+,78+,79+,80+,81-,82-,83-,84-/m1/s1. The van der Waals surface area contributed by atoms with Crippen LogP contribution in [0.1, 0.15) is 55.6 Å². The smallest absolute Gasteiger partial charge is 0.187 e. The molecule has 2 aliphatic heterocycles. The Hall–Kier alpha value is -8.10. The predicted molar refractivity (Wildman–Crippen MR) is 376 cm³/mol. The summed E-state index contributed by atoms with van der Waals surface area (Å²) in [5.41, 5.74) is 10.3. The Morgan fingerprint density at radius 1 is 0.204 bits per heavy atom. The van der Waals surface area contributed by atoms with Gasteiger partial charge in [-0.25, -0.2) is 0 Å². The molecule has 9 aromatic carbocycles. The summed E-state index contributed by atoms with van der Waals surface area (Å²) in [6, 6.07) is 89.1. The van der Waals surface area contributed by atoms with E-state index in [-0.39, 0.29) is 26.4 Å². The van der Waals surface area contributed by atoms with E-state index in [1.54, 1.807) is 0 Å². The van der Waals surface area contributed by atoms with Gasteiger partial charge in [-0.05, 0) is 55.6 Å². The number of rotatable bonds is 40. The molecule has 0 amide bonds. The first-order valence-corrected chi connectivity index (χ1v) is 33.9. The van der Waals surface area contributed by atoms with Crippen molar-refractivity contribution in [1.29, 1.82) is 0 Å². The molecule has 510 valence electrons. The lowest BCUT2D eigenvalue weighted by Crippen LogP contribution is -2.61. The van der Waals surface area contributed by atoms with E-state index in [2.05, 4.69) is 48.5 Å². The highest BCUT2D eigenvalue weighted by Crippen LogP contribution is 2.34. The zero-order chi connectivity index (χ0) is 66.7. The Morgan fingerprint density at radius 2 is 0.418 bits per heavy atom. The van der Waals surface area contributed by atoms with Crippen molar-refractivity contribution in [2.75, 3.05) is 39.6 Å². The highest BCUT2D eigenvalue weighted by atomic mass is 16.7. The number of hydrogen-bond acceptors (Lipinski definition) is 14. The summed E-state index contributed by atoms with van der Waals surface area (Å²) < 4.78 is 93.0. The van der Waals surface area contributed by atoms with Crippen molar-refractivity contribution >= 4 is 0 Å². The Bertz CT molecular complexity index is 3370. The predicted octanol–water partition coefficient (Wildman–Crippen LogP) is 15.3. The largest absolute Gasteiger partial charge is 0.374 e. The van der Waals surface area contributed by atoms with Crippen LogP contribution in [-0.2, 0) is 132 Å². The van der Waals surface area contributed by atoms with Gasteiger partial charge in [-0.3, -0.25) is 0 Å². The van der Waals surface area contributed by atoms with Crippen molar-refractivity contribution in [3.63, 3.8) is 0 Å². The van der Waals surface area contributed by atoms with E-state index in [4.69, 9.17) is 66.3 Å². The van der Waals surface area contributed by atoms with Crippen molar-refractivity contribution in [2.45, 2.75) is 127 Å². The van der Waals surface area contributed by atoms with Crippen LogP contribution in [0.5, 0.6) is 0 Å². The molecular formula is C84H90O14. The van der Waals surface area contributed by atoms with Crippen LogP contribution in [-0.4, -0.2) is 101 Å². The zero-order valence-electron chi connectivity index (χ0n) is 55.5. The van der Waals surface area contributed by atoms with Crippen LogP contribution in [0.15, 0.2) is 291 Å². The van der Waals surface area contributed by atoms with Crippen LogP contribution in [0.25, 0.3) is 0 Å². The van der Waals surface area contributed by atoms with Crippen molar-refractivity contribution in [3.05, 3.63) is 347 Å². The van der Waals surface area contributed by atoms with E-state index in [9.17, 15) is 0 Å². The van der Waals surface area contributed by atoms with E-state index in [0.29, 0.717) is 79.3 Å². The lowest BCUT2D eigenvalue weighted by atomic mass is 9.97. The van der Waals surface area contributed by atoms with Gasteiger partial charge in [0.1, 0.15) is 48.8 Å². The number of ether oxygens (including phenoxy) is 14. The van der Waals surface area contributed by atoms with Gasteiger partial charge in [0, 0.05) is 0 Å². The van der Waals surface area contributed by atoms with E-state index >= 15 is 0 Å². The van der Waals surface area contributed by atoms with E-state index < -0.39 is 61.4 Å². The first kappa shape index (κ1) is 71.2. The molecule has 14 heteroatoms. The second-order valence-corrected chi connectivity index (χ2v) is 24.1. The maximum absolute atomic E-state index is 6.90. The molecule has 14 nitrogen and oxygen atoms in total. The molecule has 0 saturated carbocycles. The molecule has 0 aliphatic carbocycles. The van der Waals surface area contributed by atoms with Gasteiger partial charge in [-0.15, -0.1) is 0 Å². The number of benzene rings is 9. The van der Waals surface area contributed by atoms with E-state index in [1.165, 1.54) is 0 Å². The highest BCUT2D eigenvalue weighted by molar-refractivity contribution is 5.23. The minimum atomic E-state index is -0.827. The Balaban J connectivity index is 0.677. The molecule has 11 rings (SSSR count). The van der Waals surface area contributed by atoms with Crippen molar-refractivity contribution in [3.8, 4) is 0 Å². The SMILES string of the molecule is C(=C\CO[C@@H]1O[C@H](COCc2ccccc2)[C@H](OCc2ccccc2)[C@H](OCc2ccccc2)[C@H]1OCc1ccccc1)/COCc1ccc(COC/C=C/CO[C@@H]2O[C@H](COCc3ccccc3)[C@H](OCc3ccccc3)[C@H](OCc3ccccc3)[C@H]2OCc2ccccc2)cc1. The molecule has 2 aliphatic rings. The van der Waals surface area contributed by atoms with Crippen LogP contribution < -0.4 is 0 Å². The maximum Gasteiger partial charge on any atom is 0.187 e. The molecule has 0 bridgehead atoms. The van der Waals surface area contributed by atoms with Gasteiger partial charge in [-0.1, -0.05) is 291 Å². The van der Waals surface area contributed by atoms with Crippen LogP contribution in [0.4, 0.5) is 0 Å². The first-order valence-electron chi connectivity index (χ1n) is 33.9. The van der Waals surface area contributed by atoms with Gasteiger partial charge >= 0.3 is 0 Å². The highest BCUT2D eigenvalue weighted by Gasteiger charge is 2.50. The summed E-state index contributed by atoms with van der Waals surface area (Å²) in [7, 11) is 0. The van der Waals surface area contributed by atoms with Gasteiger partial charge in [0.25, 0.3) is 0 Å². The topological polar surface area (TPSA) is 129 Å². The summed E-state index contributed by atoms with van der Waals surface area (Å²) in [5, 5.41) is 0. The molecule has 2 fully saturated rings. The second kappa shape index (κ2) is 40.7. The Kier molecular flexibility index (Phi) is 29.6. The quantitative estimate of drug-likeness (QED) is 0.0267. The monoisotopic (exact) mass is 1320 g/mol. The molecule has 0 N–H and O–H groups in total. The molecule has 2 saturated heterocycles. The molecule has 9 aromatic rings. The van der Waals surface area contributed by atoms with Gasteiger partial charge in [0.15, 0.2) is 12.6 Å². The lowest BCUT2D eigenvalue weighted by molar-refractivity contribution is -0.326. The average Bonchev–Trinajstić information content (AvgIpc) is 0.797. The van der Waals surface area contributed by atoms with Crippen LogP contribution in [0, 0.1) is 0 Å². The zero-order valence-corrected chi connectivity index (χ0v) is 55.5. The molecule has 2 heterocycles. The fourth-order valence-corrected chi connectivity index (χ4v) is 11.6. The molecule has 0 radical (unpaired) electrons. The molecule has 0 aromatic heterocycles. The number of hydrogen-bond donors (Lipinski definition) is 0. The molecule has 10 atom stereocenters. The molecule has 0 spiro atoms. The van der Waals surface area contributed by atoms with E-state index in [0.717, 1.165) is 55.6 Å². The van der Waals surface area contributed by atoms with Gasteiger partial charge < -0.3 is 66.3 Å². The normalized spacial score (nSPS) is 21.0. The molecule has 0 unspecified atom stereocenters. The molecule has 98 heavy (non-hydrogen) atoms. The maximum atomic E-state index is 6.90. The van der Waals surface area contributed by atoms with Gasteiger partial charge in [0.2, 0.25) is 0 Å². The Labute approximate surface area is 577 Å². The summed E-state index contributed by atoms with van der Waals surface area (Å²) in [5.74, 6) is 0. The third-order valence-corrected chi connectivity index (χ3v) is 16.7. The van der Waals surface area contributed by atoms with E-state index in [1.807, 2.05) is 243 Å². The minimum absolute atomic E-state index is 0.234. The van der Waals surface area contributed by atoms with Crippen molar-refractivity contribution < 1.29 is 66.3 Å². The van der Waals surface area contributed by atoms with Gasteiger partial charge in [-0.2, -0.15) is 0 Å². The lowest BCUT2D eigenvalue weighted by Gasteiger charge is -2.45.